The highest BCUT2D eigenvalue weighted by Crippen LogP contribution is 2.26. The van der Waals surface area contributed by atoms with Gasteiger partial charge in [0.15, 0.2) is 5.96 Å². The predicted octanol–water partition coefficient (Wildman–Crippen LogP) is 2.35. The zero-order valence-corrected chi connectivity index (χ0v) is 17.8. The maximum absolute atomic E-state index is 11.7. The van der Waals surface area contributed by atoms with Crippen LogP contribution in [0.1, 0.15) is 41.3 Å². The number of rotatable bonds is 7. The zero-order chi connectivity index (χ0) is 16.7. The van der Waals surface area contributed by atoms with E-state index in [0.717, 1.165) is 49.0 Å². The molecule has 1 heterocycles. The first-order valence-electron chi connectivity index (χ1n) is 8.25. The predicted molar refractivity (Wildman–Crippen MR) is 110 cm³/mol. The van der Waals surface area contributed by atoms with Crippen LogP contribution in [0, 0.1) is 19.8 Å². The van der Waals surface area contributed by atoms with Crippen molar-refractivity contribution in [2.45, 2.75) is 46.1 Å². The summed E-state index contributed by atoms with van der Waals surface area (Å²) in [6, 6.07) is 0. The molecule has 8 heteroatoms. The fourth-order valence-corrected chi connectivity index (χ4v) is 3.32. The Hall–Kier alpha value is -0.900. The van der Waals surface area contributed by atoms with Crippen molar-refractivity contribution in [3.63, 3.8) is 0 Å². The van der Waals surface area contributed by atoms with E-state index < -0.39 is 0 Å². The molecule has 6 nitrogen and oxygen atoms in total. The number of aromatic nitrogens is 1. The number of hydrogen-bond acceptors (Lipinski definition) is 4. The van der Waals surface area contributed by atoms with E-state index in [1.54, 1.807) is 18.4 Å². The minimum atomic E-state index is 0. The number of aryl methyl sites for hydroxylation is 2. The summed E-state index contributed by atoms with van der Waals surface area (Å²) in [7, 11) is 1.76. The topological polar surface area (TPSA) is 78.4 Å². The third kappa shape index (κ3) is 6.54. The van der Waals surface area contributed by atoms with Crippen molar-refractivity contribution in [2.24, 2.45) is 10.9 Å². The molecule has 0 radical (unpaired) electrons. The second-order valence-electron chi connectivity index (χ2n) is 5.87. The molecule has 1 aliphatic rings. The van der Waals surface area contributed by atoms with Crippen molar-refractivity contribution in [3.05, 3.63) is 15.6 Å². The van der Waals surface area contributed by atoms with Gasteiger partial charge in [-0.05, 0) is 33.1 Å². The molecular formula is C16H28IN5OS. The Morgan fingerprint density at radius 3 is 2.50 bits per heavy atom. The number of hydrogen-bond donors (Lipinski definition) is 3. The lowest BCUT2D eigenvalue weighted by atomic mass is 9.85. The molecular weight excluding hydrogens is 437 g/mol. The summed E-state index contributed by atoms with van der Waals surface area (Å²) in [6.45, 7) is 6.28. The van der Waals surface area contributed by atoms with E-state index in [9.17, 15) is 4.79 Å². The summed E-state index contributed by atoms with van der Waals surface area (Å²) in [5.41, 5.74) is 1.08. The number of nitrogens with zero attached hydrogens (tertiary/aromatic N) is 2. The monoisotopic (exact) mass is 465 g/mol. The van der Waals surface area contributed by atoms with Crippen LogP contribution in [-0.4, -0.2) is 37.0 Å². The van der Waals surface area contributed by atoms with E-state index in [1.807, 2.05) is 13.8 Å². The standard InChI is InChI=1S/C16H27N5OS.HI/c1-11-14(23-12(2)21-11)10-20-16(17-3)19-9-5-8-18-15(22)13-6-4-7-13;/h13H,4-10H2,1-3H3,(H,18,22)(H2,17,19,20);1H. The molecule has 1 amide bonds. The van der Waals surface area contributed by atoms with Crippen LogP contribution in [0.2, 0.25) is 0 Å². The van der Waals surface area contributed by atoms with Crippen molar-refractivity contribution in [1.82, 2.24) is 20.9 Å². The van der Waals surface area contributed by atoms with Crippen LogP contribution >= 0.6 is 35.3 Å². The summed E-state index contributed by atoms with van der Waals surface area (Å²) in [4.78, 5) is 21.6. The van der Waals surface area contributed by atoms with Gasteiger partial charge in [-0.25, -0.2) is 4.98 Å². The van der Waals surface area contributed by atoms with Crippen molar-refractivity contribution in [3.8, 4) is 0 Å². The number of carbonyl (C=O) groups excluding carboxylic acids is 1. The fraction of sp³-hybridized carbons (Fsp3) is 0.688. The van der Waals surface area contributed by atoms with Gasteiger partial charge in [-0.3, -0.25) is 9.79 Å². The van der Waals surface area contributed by atoms with Crippen LogP contribution in [0.15, 0.2) is 4.99 Å². The molecule has 24 heavy (non-hydrogen) atoms. The number of halogens is 1. The molecule has 1 aromatic rings. The molecule has 0 spiro atoms. The highest BCUT2D eigenvalue weighted by molar-refractivity contribution is 14.0. The van der Waals surface area contributed by atoms with Crippen LogP contribution in [-0.2, 0) is 11.3 Å². The zero-order valence-electron chi connectivity index (χ0n) is 14.6. The van der Waals surface area contributed by atoms with Crippen LogP contribution in [0.4, 0.5) is 0 Å². The van der Waals surface area contributed by atoms with Gasteiger partial charge in [-0.1, -0.05) is 6.42 Å². The molecule has 3 N–H and O–H groups in total. The SMILES string of the molecule is CN=C(NCCCNC(=O)C1CCC1)NCc1sc(C)nc1C.I. The molecule has 0 atom stereocenters. The van der Waals surface area contributed by atoms with Crippen molar-refractivity contribution >= 4 is 47.2 Å². The van der Waals surface area contributed by atoms with Gasteiger partial charge in [0.05, 0.1) is 17.2 Å². The van der Waals surface area contributed by atoms with E-state index in [0.29, 0.717) is 6.54 Å². The van der Waals surface area contributed by atoms with E-state index in [1.165, 1.54) is 11.3 Å². The number of thiazole rings is 1. The Kier molecular flexibility index (Phi) is 9.57. The fourth-order valence-electron chi connectivity index (χ4n) is 2.44. The molecule has 0 aromatic carbocycles. The lowest BCUT2D eigenvalue weighted by Crippen LogP contribution is -2.39. The third-order valence-corrected chi connectivity index (χ3v) is 5.13. The Morgan fingerprint density at radius 2 is 1.96 bits per heavy atom. The summed E-state index contributed by atoms with van der Waals surface area (Å²) in [5.74, 6) is 1.26. The Morgan fingerprint density at radius 1 is 1.25 bits per heavy atom. The van der Waals surface area contributed by atoms with Crippen LogP contribution in [0.3, 0.4) is 0 Å². The Labute approximate surface area is 165 Å². The minimum Gasteiger partial charge on any atom is -0.356 e. The van der Waals surface area contributed by atoms with Gasteiger partial charge in [0.2, 0.25) is 5.91 Å². The second-order valence-corrected chi connectivity index (χ2v) is 7.15. The Balaban J connectivity index is 0.00000288. The molecule has 1 fully saturated rings. The maximum atomic E-state index is 11.7. The molecule has 0 unspecified atom stereocenters. The maximum Gasteiger partial charge on any atom is 0.223 e. The molecule has 0 bridgehead atoms. The average molecular weight is 465 g/mol. The van der Waals surface area contributed by atoms with Crippen LogP contribution in [0.25, 0.3) is 0 Å². The first-order chi connectivity index (χ1) is 11.1. The highest BCUT2D eigenvalue weighted by atomic mass is 127. The van der Waals surface area contributed by atoms with Gasteiger partial charge in [0.25, 0.3) is 0 Å². The van der Waals surface area contributed by atoms with Gasteiger partial charge in [-0.2, -0.15) is 0 Å². The largest absolute Gasteiger partial charge is 0.356 e. The van der Waals surface area contributed by atoms with Gasteiger partial charge in [0, 0.05) is 30.9 Å². The first-order valence-corrected chi connectivity index (χ1v) is 9.07. The smallest absolute Gasteiger partial charge is 0.223 e. The molecule has 1 saturated carbocycles. The van der Waals surface area contributed by atoms with Crippen LogP contribution < -0.4 is 16.0 Å². The number of aliphatic imine (C=N–C) groups is 1. The van der Waals surface area contributed by atoms with E-state index in [4.69, 9.17) is 0 Å². The normalized spacial score (nSPS) is 14.5. The van der Waals surface area contributed by atoms with E-state index >= 15 is 0 Å². The summed E-state index contributed by atoms with van der Waals surface area (Å²) < 4.78 is 0. The van der Waals surface area contributed by atoms with Crippen molar-refractivity contribution < 1.29 is 4.79 Å². The van der Waals surface area contributed by atoms with Gasteiger partial charge < -0.3 is 16.0 Å². The van der Waals surface area contributed by atoms with Gasteiger partial charge >= 0.3 is 0 Å². The van der Waals surface area contributed by atoms with E-state index in [-0.39, 0.29) is 35.8 Å². The minimum absolute atomic E-state index is 0. The third-order valence-electron chi connectivity index (χ3n) is 4.06. The van der Waals surface area contributed by atoms with Crippen LogP contribution in [0.5, 0.6) is 0 Å². The van der Waals surface area contributed by atoms with Gasteiger partial charge in [-0.15, -0.1) is 35.3 Å². The van der Waals surface area contributed by atoms with Crippen molar-refractivity contribution in [2.75, 3.05) is 20.1 Å². The molecule has 0 aliphatic heterocycles. The van der Waals surface area contributed by atoms with Crippen molar-refractivity contribution in [1.29, 1.82) is 0 Å². The lowest BCUT2D eigenvalue weighted by molar-refractivity contribution is -0.127. The van der Waals surface area contributed by atoms with E-state index in [2.05, 4.69) is 25.9 Å². The highest BCUT2D eigenvalue weighted by Gasteiger charge is 2.24. The molecule has 1 aliphatic carbocycles. The Bertz CT molecular complexity index is 557. The number of nitrogens with one attached hydrogen (secondary N) is 3. The quantitative estimate of drug-likeness (QED) is 0.250. The average Bonchev–Trinajstić information content (AvgIpc) is 2.78. The number of amides is 1. The number of carbonyl (C=O) groups is 1. The summed E-state index contributed by atoms with van der Waals surface area (Å²) in [5, 5.41) is 10.7. The second kappa shape index (κ2) is 10.9. The molecule has 1 aromatic heterocycles. The molecule has 2 rings (SSSR count). The molecule has 0 saturated heterocycles. The summed E-state index contributed by atoms with van der Waals surface area (Å²) >= 11 is 1.71. The molecule has 136 valence electrons. The first kappa shape index (κ1) is 21.1. The summed E-state index contributed by atoms with van der Waals surface area (Å²) in [6.07, 6.45) is 4.19. The lowest BCUT2D eigenvalue weighted by Gasteiger charge is -2.24. The number of guanidine groups is 1. The van der Waals surface area contributed by atoms with Gasteiger partial charge in [0.1, 0.15) is 0 Å².